The minimum Gasteiger partial charge on any atom is -0.457 e. The second-order valence-corrected chi connectivity index (χ2v) is 2.69. The van der Waals surface area contributed by atoms with Crippen LogP contribution >= 0.6 is 0 Å². The molecule has 2 heteroatoms. The molecule has 0 aromatic carbocycles. The van der Waals surface area contributed by atoms with E-state index in [2.05, 4.69) is 23.8 Å². The van der Waals surface area contributed by atoms with Gasteiger partial charge in [-0.25, -0.2) is 4.79 Å². The first-order valence-electron chi connectivity index (χ1n) is 4.55. The number of rotatable bonds is 8. The van der Waals surface area contributed by atoms with E-state index in [1.165, 1.54) is 19.3 Å². The maximum atomic E-state index is 9.62. The highest BCUT2D eigenvalue weighted by Gasteiger charge is 1.86. The Bertz CT molecular complexity index is 119. The highest BCUT2D eigenvalue weighted by molar-refractivity contribution is 5.37. The minimum absolute atomic E-state index is 0.505. The van der Waals surface area contributed by atoms with Crippen LogP contribution in [0.5, 0.6) is 0 Å². The quantitative estimate of drug-likeness (QED) is 0.412. The predicted molar refractivity (Wildman–Crippen MR) is 49.5 cm³/mol. The van der Waals surface area contributed by atoms with E-state index in [1.807, 2.05) is 0 Å². The topological polar surface area (TPSA) is 26.3 Å². The summed E-state index contributed by atoms with van der Waals surface area (Å²) in [6.07, 6.45) is 9.87. The lowest BCUT2D eigenvalue weighted by molar-refractivity contribution is 0.270. The number of ether oxygens (including phenoxy) is 1. The van der Waals surface area contributed by atoms with E-state index in [0.29, 0.717) is 6.61 Å². The van der Waals surface area contributed by atoms with Crippen LogP contribution in [-0.4, -0.2) is 13.1 Å². The van der Waals surface area contributed by atoms with Gasteiger partial charge in [-0.1, -0.05) is 25.5 Å². The smallest absolute Gasteiger partial charge is 0.417 e. The van der Waals surface area contributed by atoms with Crippen molar-refractivity contribution in [2.24, 2.45) is 0 Å². The summed E-state index contributed by atoms with van der Waals surface area (Å²) in [5, 5.41) is 0. The van der Waals surface area contributed by atoms with Crippen molar-refractivity contribution in [1.29, 1.82) is 0 Å². The summed E-state index contributed by atoms with van der Waals surface area (Å²) >= 11 is 0. The highest BCUT2D eigenvalue weighted by Crippen LogP contribution is 1.98. The summed E-state index contributed by atoms with van der Waals surface area (Å²) in [4.78, 5) is 9.62. The van der Waals surface area contributed by atoms with Crippen molar-refractivity contribution in [3.05, 3.63) is 12.2 Å². The predicted octanol–water partition coefficient (Wildman–Crippen LogP) is 2.60. The Balaban J connectivity index is 2.94. The largest absolute Gasteiger partial charge is 0.457 e. The van der Waals surface area contributed by atoms with Gasteiger partial charge >= 0.3 is 6.47 Å². The number of allylic oxidation sites excluding steroid dienone is 2. The zero-order valence-electron chi connectivity index (χ0n) is 7.71. The molecule has 0 N–H and O–H groups in total. The molecule has 2 nitrogen and oxygen atoms in total. The van der Waals surface area contributed by atoms with Gasteiger partial charge in [-0.15, -0.1) is 0 Å². The van der Waals surface area contributed by atoms with Crippen LogP contribution < -0.4 is 0 Å². The SMILES string of the molecule is CCC/C=C\CCCCO[C]=O. The van der Waals surface area contributed by atoms with Gasteiger partial charge in [-0.3, -0.25) is 0 Å². The average molecular weight is 169 g/mol. The van der Waals surface area contributed by atoms with Crippen molar-refractivity contribution in [3.63, 3.8) is 0 Å². The molecule has 0 amide bonds. The van der Waals surface area contributed by atoms with Crippen molar-refractivity contribution in [3.8, 4) is 0 Å². The maximum Gasteiger partial charge on any atom is 0.417 e. The summed E-state index contributed by atoms with van der Waals surface area (Å²) < 4.78 is 4.43. The van der Waals surface area contributed by atoms with Crippen LogP contribution in [0.1, 0.15) is 39.0 Å². The van der Waals surface area contributed by atoms with E-state index < -0.39 is 0 Å². The summed E-state index contributed by atoms with van der Waals surface area (Å²) in [7, 11) is 0. The standard InChI is InChI=1S/C10H17O2/c1-2-3-4-5-6-7-8-9-12-10-11/h4-5H,2-3,6-9H2,1H3/b5-4-. The Morgan fingerprint density at radius 3 is 2.67 bits per heavy atom. The van der Waals surface area contributed by atoms with Gasteiger partial charge in [0.1, 0.15) is 0 Å². The second kappa shape index (κ2) is 10.2. The van der Waals surface area contributed by atoms with Crippen molar-refractivity contribution in [2.45, 2.75) is 39.0 Å². The average Bonchev–Trinajstić information content (AvgIpc) is 2.10. The molecule has 0 heterocycles. The Morgan fingerprint density at radius 1 is 1.25 bits per heavy atom. The van der Waals surface area contributed by atoms with Crippen LogP contribution in [-0.2, 0) is 9.53 Å². The lowest BCUT2D eigenvalue weighted by Crippen LogP contribution is -1.90. The third-order valence-corrected chi connectivity index (χ3v) is 1.55. The molecule has 1 radical (unpaired) electrons. The summed E-state index contributed by atoms with van der Waals surface area (Å²) in [6.45, 7) is 4.08. The molecule has 12 heavy (non-hydrogen) atoms. The molecule has 0 unspecified atom stereocenters. The molecule has 0 rings (SSSR count). The maximum absolute atomic E-state index is 9.62. The van der Waals surface area contributed by atoms with Gasteiger partial charge in [0.2, 0.25) is 0 Å². The van der Waals surface area contributed by atoms with E-state index in [0.717, 1.165) is 19.3 Å². The van der Waals surface area contributed by atoms with Gasteiger partial charge in [-0.2, -0.15) is 0 Å². The molecule has 0 aromatic rings. The number of unbranched alkanes of at least 4 members (excludes halogenated alkanes) is 3. The van der Waals surface area contributed by atoms with Crippen LogP contribution in [0.3, 0.4) is 0 Å². The van der Waals surface area contributed by atoms with Crippen molar-refractivity contribution in [2.75, 3.05) is 6.61 Å². The first-order chi connectivity index (χ1) is 5.91. The first kappa shape index (κ1) is 11.2. The normalized spacial score (nSPS) is 10.4. The van der Waals surface area contributed by atoms with Gasteiger partial charge in [0.05, 0.1) is 6.61 Å². The Morgan fingerprint density at radius 2 is 2.00 bits per heavy atom. The van der Waals surface area contributed by atoms with Gasteiger partial charge in [0.15, 0.2) is 0 Å². The van der Waals surface area contributed by atoms with Crippen molar-refractivity contribution >= 4 is 6.47 Å². The molecule has 0 aliphatic heterocycles. The third kappa shape index (κ3) is 9.21. The first-order valence-corrected chi connectivity index (χ1v) is 4.55. The fourth-order valence-electron chi connectivity index (χ4n) is 0.880. The zero-order chi connectivity index (χ0) is 9.07. The van der Waals surface area contributed by atoms with Crippen molar-refractivity contribution in [1.82, 2.24) is 0 Å². The number of carbonyl (C=O) groups excluding carboxylic acids is 1. The van der Waals surface area contributed by atoms with Crippen LogP contribution in [0.2, 0.25) is 0 Å². The summed E-state index contributed by atoms with van der Waals surface area (Å²) in [6, 6.07) is 0. The second-order valence-electron chi connectivity index (χ2n) is 2.69. The molecular weight excluding hydrogens is 152 g/mol. The molecule has 0 atom stereocenters. The molecule has 0 aliphatic carbocycles. The van der Waals surface area contributed by atoms with Crippen LogP contribution in [0.15, 0.2) is 12.2 Å². The summed E-state index contributed by atoms with van der Waals surface area (Å²) in [5.41, 5.74) is 0. The molecule has 0 bridgehead atoms. The molecule has 0 spiro atoms. The van der Waals surface area contributed by atoms with Crippen LogP contribution in [0.4, 0.5) is 0 Å². The Labute approximate surface area is 74.6 Å². The number of hydrogen-bond donors (Lipinski definition) is 0. The van der Waals surface area contributed by atoms with Crippen molar-refractivity contribution < 1.29 is 9.53 Å². The monoisotopic (exact) mass is 169 g/mol. The molecule has 0 aromatic heterocycles. The highest BCUT2D eigenvalue weighted by atomic mass is 16.5. The van der Waals surface area contributed by atoms with Gasteiger partial charge in [0.25, 0.3) is 0 Å². The lowest BCUT2D eigenvalue weighted by atomic mass is 10.2. The molecular formula is C10H17O2. The fraction of sp³-hybridized carbons (Fsp3) is 0.700. The van der Waals surface area contributed by atoms with E-state index in [1.54, 1.807) is 0 Å². The lowest BCUT2D eigenvalue weighted by Gasteiger charge is -1.94. The van der Waals surface area contributed by atoms with E-state index >= 15 is 0 Å². The third-order valence-electron chi connectivity index (χ3n) is 1.55. The zero-order valence-corrected chi connectivity index (χ0v) is 7.71. The van der Waals surface area contributed by atoms with Crippen LogP contribution in [0.25, 0.3) is 0 Å². The number of hydrogen-bond acceptors (Lipinski definition) is 2. The molecule has 69 valence electrons. The minimum atomic E-state index is 0.505. The van der Waals surface area contributed by atoms with E-state index in [-0.39, 0.29) is 0 Å². The molecule has 0 fully saturated rings. The molecule has 0 saturated carbocycles. The summed E-state index contributed by atoms with van der Waals surface area (Å²) in [5.74, 6) is 0. The van der Waals surface area contributed by atoms with Crippen LogP contribution in [0, 0.1) is 0 Å². The van der Waals surface area contributed by atoms with Gasteiger partial charge < -0.3 is 4.74 Å². The Kier molecular flexibility index (Phi) is 9.54. The van der Waals surface area contributed by atoms with E-state index in [4.69, 9.17) is 0 Å². The fourth-order valence-corrected chi connectivity index (χ4v) is 0.880. The van der Waals surface area contributed by atoms with Gasteiger partial charge in [-0.05, 0) is 25.7 Å². The Hall–Kier alpha value is -0.790. The van der Waals surface area contributed by atoms with E-state index in [9.17, 15) is 4.79 Å². The molecule has 0 aliphatic rings. The van der Waals surface area contributed by atoms with Gasteiger partial charge in [0, 0.05) is 0 Å². The molecule has 0 saturated heterocycles.